The van der Waals surface area contributed by atoms with E-state index in [2.05, 4.69) is 10.6 Å². The summed E-state index contributed by atoms with van der Waals surface area (Å²) in [6.07, 6.45) is 4.50. The Labute approximate surface area is 96.2 Å². The third-order valence-corrected chi connectivity index (χ3v) is 3.17. The second kappa shape index (κ2) is 5.50. The molecule has 0 aromatic heterocycles. The Balaban J connectivity index is 1.79. The number of amides is 2. The summed E-state index contributed by atoms with van der Waals surface area (Å²) in [6.45, 7) is 2.21. The zero-order valence-electron chi connectivity index (χ0n) is 9.61. The molecule has 2 fully saturated rings. The van der Waals surface area contributed by atoms with E-state index in [0.29, 0.717) is 25.2 Å². The molecule has 1 heterocycles. The molecule has 0 spiro atoms. The van der Waals surface area contributed by atoms with Crippen molar-refractivity contribution in [2.45, 2.75) is 37.8 Å². The third-order valence-electron chi connectivity index (χ3n) is 3.17. The smallest absolute Gasteiger partial charge is 0.317 e. The number of urea groups is 1. The van der Waals surface area contributed by atoms with Crippen molar-refractivity contribution in [3.05, 3.63) is 0 Å². The molecule has 3 N–H and O–H groups in total. The molecule has 0 radical (unpaired) electrons. The normalized spacial score (nSPS) is 24.4. The van der Waals surface area contributed by atoms with Gasteiger partial charge in [-0.15, -0.1) is 0 Å². The van der Waals surface area contributed by atoms with E-state index in [0.717, 1.165) is 25.8 Å². The van der Waals surface area contributed by atoms with Gasteiger partial charge in [0.2, 0.25) is 0 Å². The lowest BCUT2D eigenvalue weighted by molar-refractivity contribution is 0.171. The predicted octanol–water partition coefficient (Wildman–Crippen LogP) is -0.0953. The minimum Gasteiger partial charge on any atom is -0.395 e. The highest BCUT2D eigenvalue weighted by Gasteiger charge is 2.27. The topological polar surface area (TPSA) is 64.6 Å². The van der Waals surface area contributed by atoms with E-state index in [1.807, 2.05) is 0 Å². The SMILES string of the molecule is O=C(NC1CC1)N(CCO)CC1CCCN1. The van der Waals surface area contributed by atoms with Gasteiger partial charge in [-0.25, -0.2) is 4.79 Å². The van der Waals surface area contributed by atoms with Crippen LogP contribution in [-0.4, -0.2) is 54.4 Å². The summed E-state index contributed by atoms with van der Waals surface area (Å²) in [6, 6.07) is 0.756. The number of carbonyl (C=O) groups is 1. The summed E-state index contributed by atoms with van der Waals surface area (Å²) in [7, 11) is 0. The first-order valence-electron chi connectivity index (χ1n) is 6.19. The van der Waals surface area contributed by atoms with E-state index in [4.69, 9.17) is 5.11 Å². The first kappa shape index (κ1) is 11.7. The maximum absolute atomic E-state index is 11.8. The molecule has 1 unspecified atom stereocenters. The van der Waals surface area contributed by atoms with Gasteiger partial charge in [0.1, 0.15) is 0 Å². The molecule has 16 heavy (non-hydrogen) atoms. The molecule has 2 aliphatic rings. The summed E-state index contributed by atoms with van der Waals surface area (Å²) in [5.74, 6) is 0. The molecule has 1 aliphatic heterocycles. The largest absolute Gasteiger partial charge is 0.395 e. The van der Waals surface area contributed by atoms with E-state index in [1.54, 1.807) is 4.90 Å². The number of hydrogen-bond donors (Lipinski definition) is 3. The Bertz CT molecular complexity index is 237. The molecule has 1 atom stereocenters. The molecule has 2 amide bonds. The highest BCUT2D eigenvalue weighted by Crippen LogP contribution is 2.19. The lowest BCUT2D eigenvalue weighted by Gasteiger charge is -2.25. The average molecular weight is 227 g/mol. The Morgan fingerprint density at radius 1 is 1.44 bits per heavy atom. The van der Waals surface area contributed by atoms with Crippen molar-refractivity contribution in [2.24, 2.45) is 0 Å². The maximum atomic E-state index is 11.8. The fourth-order valence-corrected chi connectivity index (χ4v) is 2.07. The highest BCUT2D eigenvalue weighted by molar-refractivity contribution is 5.74. The Morgan fingerprint density at radius 3 is 2.81 bits per heavy atom. The number of aliphatic hydroxyl groups is 1. The van der Waals surface area contributed by atoms with Crippen LogP contribution in [0.3, 0.4) is 0 Å². The summed E-state index contributed by atoms with van der Waals surface area (Å²) in [5, 5.41) is 15.3. The van der Waals surface area contributed by atoms with Gasteiger partial charge in [-0.2, -0.15) is 0 Å². The standard InChI is InChI=1S/C11H21N3O2/c15-7-6-14(8-10-2-1-5-12-10)11(16)13-9-3-4-9/h9-10,12,15H,1-8H2,(H,13,16). The monoisotopic (exact) mass is 227 g/mol. The van der Waals surface area contributed by atoms with Crippen molar-refractivity contribution in [1.82, 2.24) is 15.5 Å². The van der Waals surface area contributed by atoms with Crippen LogP contribution < -0.4 is 10.6 Å². The fourth-order valence-electron chi connectivity index (χ4n) is 2.07. The zero-order chi connectivity index (χ0) is 11.4. The number of nitrogens with zero attached hydrogens (tertiary/aromatic N) is 1. The Morgan fingerprint density at radius 2 is 2.25 bits per heavy atom. The van der Waals surface area contributed by atoms with Gasteiger partial charge < -0.3 is 20.6 Å². The van der Waals surface area contributed by atoms with Crippen LogP contribution in [-0.2, 0) is 0 Å². The molecular formula is C11H21N3O2. The van der Waals surface area contributed by atoms with Crippen molar-refractivity contribution in [3.8, 4) is 0 Å². The van der Waals surface area contributed by atoms with E-state index >= 15 is 0 Å². The van der Waals surface area contributed by atoms with E-state index in [1.165, 1.54) is 6.42 Å². The molecule has 5 heteroatoms. The quantitative estimate of drug-likeness (QED) is 0.615. The molecule has 1 saturated heterocycles. The van der Waals surface area contributed by atoms with Gasteiger partial charge in [0.15, 0.2) is 0 Å². The van der Waals surface area contributed by atoms with Crippen LogP contribution in [0.1, 0.15) is 25.7 Å². The second-order valence-electron chi connectivity index (χ2n) is 4.69. The van der Waals surface area contributed by atoms with Crippen LogP contribution in [0.4, 0.5) is 4.79 Å². The molecule has 92 valence electrons. The highest BCUT2D eigenvalue weighted by atomic mass is 16.3. The van der Waals surface area contributed by atoms with E-state index < -0.39 is 0 Å². The van der Waals surface area contributed by atoms with Crippen molar-refractivity contribution in [2.75, 3.05) is 26.2 Å². The van der Waals surface area contributed by atoms with Gasteiger partial charge in [-0.3, -0.25) is 0 Å². The molecule has 1 aliphatic carbocycles. The molecular weight excluding hydrogens is 206 g/mol. The van der Waals surface area contributed by atoms with E-state index in [9.17, 15) is 4.79 Å². The van der Waals surface area contributed by atoms with Crippen LogP contribution in [0, 0.1) is 0 Å². The number of hydrogen-bond acceptors (Lipinski definition) is 3. The summed E-state index contributed by atoms with van der Waals surface area (Å²) in [5.41, 5.74) is 0. The fraction of sp³-hybridized carbons (Fsp3) is 0.909. The number of carbonyl (C=O) groups excluding carboxylic acids is 1. The maximum Gasteiger partial charge on any atom is 0.317 e. The van der Waals surface area contributed by atoms with E-state index in [-0.39, 0.29) is 12.6 Å². The lowest BCUT2D eigenvalue weighted by atomic mass is 10.2. The molecule has 2 rings (SSSR count). The predicted molar refractivity (Wildman–Crippen MR) is 61.2 cm³/mol. The molecule has 0 aromatic carbocycles. The van der Waals surface area contributed by atoms with Gasteiger partial charge in [-0.05, 0) is 32.2 Å². The van der Waals surface area contributed by atoms with Crippen LogP contribution in [0.5, 0.6) is 0 Å². The molecule has 1 saturated carbocycles. The van der Waals surface area contributed by atoms with Crippen molar-refractivity contribution < 1.29 is 9.90 Å². The third kappa shape index (κ3) is 3.35. The lowest BCUT2D eigenvalue weighted by Crippen LogP contribution is -2.47. The zero-order valence-corrected chi connectivity index (χ0v) is 9.61. The number of nitrogens with one attached hydrogen (secondary N) is 2. The van der Waals surface area contributed by atoms with Crippen LogP contribution >= 0.6 is 0 Å². The molecule has 5 nitrogen and oxygen atoms in total. The number of aliphatic hydroxyl groups excluding tert-OH is 1. The van der Waals surface area contributed by atoms with Gasteiger partial charge in [0, 0.05) is 25.2 Å². The molecule has 0 aromatic rings. The summed E-state index contributed by atoms with van der Waals surface area (Å²) >= 11 is 0. The van der Waals surface area contributed by atoms with Crippen molar-refractivity contribution in [1.29, 1.82) is 0 Å². The Hall–Kier alpha value is -0.810. The van der Waals surface area contributed by atoms with Crippen molar-refractivity contribution >= 4 is 6.03 Å². The first-order chi connectivity index (χ1) is 7.79. The summed E-state index contributed by atoms with van der Waals surface area (Å²) in [4.78, 5) is 13.6. The first-order valence-corrected chi connectivity index (χ1v) is 6.19. The van der Waals surface area contributed by atoms with Crippen LogP contribution in [0.2, 0.25) is 0 Å². The summed E-state index contributed by atoms with van der Waals surface area (Å²) < 4.78 is 0. The van der Waals surface area contributed by atoms with Gasteiger partial charge >= 0.3 is 6.03 Å². The van der Waals surface area contributed by atoms with Gasteiger partial charge in [0.05, 0.1) is 6.61 Å². The minimum absolute atomic E-state index is 0.0229. The van der Waals surface area contributed by atoms with Crippen LogP contribution in [0.25, 0.3) is 0 Å². The minimum atomic E-state index is -0.0229. The van der Waals surface area contributed by atoms with Gasteiger partial charge in [0.25, 0.3) is 0 Å². The Kier molecular flexibility index (Phi) is 4.01. The molecule has 0 bridgehead atoms. The van der Waals surface area contributed by atoms with Gasteiger partial charge in [-0.1, -0.05) is 0 Å². The van der Waals surface area contributed by atoms with Crippen molar-refractivity contribution in [3.63, 3.8) is 0 Å². The van der Waals surface area contributed by atoms with Crippen LogP contribution in [0.15, 0.2) is 0 Å². The second-order valence-corrected chi connectivity index (χ2v) is 4.69. The number of rotatable bonds is 5. The average Bonchev–Trinajstić information content (AvgIpc) is 2.93.